The number of rotatable bonds is 7. The van der Waals surface area contributed by atoms with Crippen LogP contribution < -0.4 is 5.32 Å². The first kappa shape index (κ1) is 25.0. The van der Waals surface area contributed by atoms with Gasteiger partial charge in [-0.15, -0.1) is 0 Å². The Labute approximate surface area is 198 Å². The maximum absolute atomic E-state index is 13.3. The summed E-state index contributed by atoms with van der Waals surface area (Å²) in [7, 11) is 4.10. The number of aromatic nitrogens is 1. The Hall–Kier alpha value is -2.60. The molecule has 0 bridgehead atoms. The van der Waals surface area contributed by atoms with Gasteiger partial charge in [0.2, 0.25) is 5.91 Å². The van der Waals surface area contributed by atoms with Crippen LogP contribution in [0.4, 0.5) is 0 Å². The van der Waals surface area contributed by atoms with Gasteiger partial charge >= 0.3 is 0 Å². The van der Waals surface area contributed by atoms with Crippen molar-refractivity contribution in [1.82, 2.24) is 19.7 Å². The number of para-hydroxylation sites is 1. The standard InChI is InChI=1S/C27H40N4O2/c1-19-10-8-9-11-24(19)31-20(2)16-23(21(31)3)26(33)30-14-12-22(13-15-30)25(32)28-17-27(4,5)18-29(6)7/h8-11,16,22H,12-15,17-18H2,1-7H3,(H,28,32). The summed E-state index contributed by atoms with van der Waals surface area (Å²) in [4.78, 5) is 30.1. The van der Waals surface area contributed by atoms with Gasteiger partial charge in [0.15, 0.2) is 0 Å². The summed E-state index contributed by atoms with van der Waals surface area (Å²) in [5.41, 5.74) is 5.09. The van der Waals surface area contributed by atoms with Crippen molar-refractivity contribution in [2.45, 2.75) is 47.5 Å². The summed E-state index contributed by atoms with van der Waals surface area (Å²) in [6, 6.07) is 10.2. The van der Waals surface area contributed by atoms with E-state index in [0.29, 0.717) is 32.5 Å². The van der Waals surface area contributed by atoms with Crippen molar-refractivity contribution in [3.8, 4) is 5.69 Å². The van der Waals surface area contributed by atoms with Gasteiger partial charge in [0, 0.05) is 49.2 Å². The van der Waals surface area contributed by atoms with E-state index in [0.717, 1.165) is 29.2 Å². The van der Waals surface area contributed by atoms with Crippen molar-refractivity contribution < 1.29 is 9.59 Å². The van der Waals surface area contributed by atoms with Gasteiger partial charge in [0.05, 0.1) is 5.56 Å². The van der Waals surface area contributed by atoms with Gasteiger partial charge in [-0.2, -0.15) is 0 Å². The average Bonchev–Trinajstić information content (AvgIpc) is 3.05. The second kappa shape index (κ2) is 10.1. The lowest BCUT2D eigenvalue weighted by Gasteiger charge is -2.33. The average molecular weight is 453 g/mol. The zero-order valence-corrected chi connectivity index (χ0v) is 21.4. The number of amides is 2. The largest absolute Gasteiger partial charge is 0.355 e. The predicted octanol–water partition coefficient (Wildman–Crippen LogP) is 3.96. The van der Waals surface area contributed by atoms with Crippen molar-refractivity contribution in [3.63, 3.8) is 0 Å². The maximum Gasteiger partial charge on any atom is 0.255 e. The van der Waals surface area contributed by atoms with Gasteiger partial charge in [-0.3, -0.25) is 9.59 Å². The molecule has 0 saturated carbocycles. The molecule has 0 aliphatic carbocycles. The van der Waals surface area contributed by atoms with E-state index in [9.17, 15) is 9.59 Å². The van der Waals surface area contributed by atoms with Crippen LogP contribution in [0.25, 0.3) is 5.69 Å². The number of benzene rings is 1. The second-order valence-electron chi connectivity index (χ2n) is 10.6. The number of piperidine rings is 1. The van der Waals surface area contributed by atoms with Crippen molar-refractivity contribution >= 4 is 11.8 Å². The van der Waals surface area contributed by atoms with Crippen LogP contribution in [0.15, 0.2) is 30.3 Å². The molecule has 0 spiro atoms. The summed E-state index contributed by atoms with van der Waals surface area (Å²) >= 11 is 0. The Bertz CT molecular complexity index is 998. The highest BCUT2D eigenvalue weighted by Gasteiger charge is 2.30. The number of nitrogens with zero attached hydrogens (tertiary/aromatic N) is 3. The summed E-state index contributed by atoms with van der Waals surface area (Å²) < 4.78 is 2.16. The predicted molar refractivity (Wildman–Crippen MR) is 134 cm³/mol. The SMILES string of the molecule is Cc1ccccc1-n1c(C)cc(C(=O)N2CCC(C(=O)NCC(C)(C)CN(C)C)CC2)c1C. The van der Waals surface area contributed by atoms with E-state index in [1.807, 2.05) is 36.9 Å². The molecular formula is C27H40N4O2. The molecule has 1 N–H and O–H groups in total. The van der Waals surface area contributed by atoms with Gasteiger partial charge < -0.3 is 19.7 Å². The fourth-order valence-corrected chi connectivity index (χ4v) is 5.06. The van der Waals surface area contributed by atoms with Crippen LogP contribution in [0.5, 0.6) is 0 Å². The van der Waals surface area contributed by atoms with Crippen LogP contribution in [-0.4, -0.2) is 66.5 Å². The third kappa shape index (κ3) is 5.85. The molecule has 0 atom stereocenters. The first-order valence-electron chi connectivity index (χ1n) is 12.0. The molecule has 2 aromatic rings. The molecule has 6 heteroatoms. The Morgan fingerprint density at radius 2 is 1.73 bits per heavy atom. The van der Waals surface area contributed by atoms with Gasteiger partial charge in [-0.25, -0.2) is 0 Å². The number of likely N-dealkylation sites (tertiary alicyclic amines) is 1. The minimum absolute atomic E-state index is 0.0233. The Kier molecular flexibility index (Phi) is 7.68. The van der Waals surface area contributed by atoms with Gasteiger partial charge in [-0.1, -0.05) is 32.0 Å². The molecule has 2 amide bonds. The Morgan fingerprint density at radius 3 is 2.33 bits per heavy atom. The van der Waals surface area contributed by atoms with Crippen LogP contribution in [-0.2, 0) is 4.79 Å². The molecule has 6 nitrogen and oxygen atoms in total. The number of hydrogen-bond acceptors (Lipinski definition) is 3. The first-order chi connectivity index (χ1) is 15.5. The molecule has 0 unspecified atom stereocenters. The minimum atomic E-state index is -0.0244. The highest BCUT2D eigenvalue weighted by molar-refractivity contribution is 5.96. The molecule has 1 aliphatic rings. The van der Waals surface area contributed by atoms with Crippen molar-refractivity contribution in [3.05, 3.63) is 52.8 Å². The second-order valence-corrected chi connectivity index (χ2v) is 10.6. The highest BCUT2D eigenvalue weighted by atomic mass is 16.2. The van der Waals surface area contributed by atoms with E-state index in [2.05, 4.69) is 61.8 Å². The van der Waals surface area contributed by atoms with E-state index < -0.39 is 0 Å². The third-order valence-electron chi connectivity index (χ3n) is 6.66. The van der Waals surface area contributed by atoms with Gasteiger partial charge in [0.1, 0.15) is 0 Å². The highest BCUT2D eigenvalue weighted by Crippen LogP contribution is 2.26. The minimum Gasteiger partial charge on any atom is -0.355 e. The smallest absolute Gasteiger partial charge is 0.255 e. The number of aryl methyl sites for hydroxylation is 2. The van der Waals surface area contributed by atoms with E-state index in [1.54, 1.807) is 0 Å². The van der Waals surface area contributed by atoms with Gasteiger partial charge in [-0.05, 0) is 70.8 Å². The normalized spacial score (nSPS) is 15.2. The van der Waals surface area contributed by atoms with E-state index >= 15 is 0 Å². The van der Waals surface area contributed by atoms with E-state index in [4.69, 9.17) is 0 Å². The first-order valence-corrected chi connectivity index (χ1v) is 12.0. The maximum atomic E-state index is 13.3. The van der Waals surface area contributed by atoms with E-state index in [-0.39, 0.29) is 23.1 Å². The lowest BCUT2D eigenvalue weighted by molar-refractivity contribution is -0.126. The van der Waals surface area contributed by atoms with E-state index in [1.165, 1.54) is 5.56 Å². The molecule has 1 aromatic carbocycles. The molecule has 1 fully saturated rings. The zero-order chi connectivity index (χ0) is 24.3. The molecule has 1 aliphatic heterocycles. The molecule has 180 valence electrons. The third-order valence-corrected chi connectivity index (χ3v) is 6.66. The number of nitrogens with one attached hydrogen (secondary N) is 1. The molecule has 1 saturated heterocycles. The number of carbonyl (C=O) groups is 2. The molecular weight excluding hydrogens is 412 g/mol. The van der Waals surface area contributed by atoms with Crippen molar-refractivity contribution in [2.24, 2.45) is 11.3 Å². The molecule has 3 rings (SSSR count). The molecule has 0 radical (unpaired) electrons. The summed E-state index contributed by atoms with van der Waals surface area (Å²) in [5, 5.41) is 3.14. The lowest BCUT2D eigenvalue weighted by Crippen LogP contribution is -2.46. The number of carbonyl (C=O) groups excluding carboxylic acids is 2. The summed E-state index contributed by atoms with van der Waals surface area (Å²) in [6.45, 7) is 13.3. The summed E-state index contributed by atoms with van der Waals surface area (Å²) in [6.07, 6.45) is 1.42. The Morgan fingerprint density at radius 1 is 1.09 bits per heavy atom. The van der Waals surface area contributed by atoms with Crippen LogP contribution in [0.1, 0.15) is 54.0 Å². The monoisotopic (exact) mass is 452 g/mol. The fourth-order valence-electron chi connectivity index (χ4n) is 5.06. The van der Waals surface area contributed by atoms with Crippen LogP contribution in [0, 0.1) is 32.1 Å². The quantitative estimate of drug-likeness (QED) is 0.692. The van der Waals surface area contributed by atoms with Crippen molar-refractivity contribution in [2.75, 3.05) is 40.3 Å². The van der Waals surface area contributed by atoms with Crippen LogP contribution in [0.2, 0.25) is 0 Å². The zero-order valence-electron chi connectivity index (χ0n) is 21.4. The topological polar surface area (TPSA) is 57.6 Å². The molecule has 1 aromatic heterocycles. The molecule has 2 heterocycles. The fraction of sp³-hybridized carbons (Fsp3) is 0.556. The van der Waals surface area contributed by atoms with Crippen LogP contribution in [0.3, 0.4) is 0 Å². The van der Waals surface area contributed by atoms with Crippen LogP contribution >= 0.6 is 0 Å². The van der Waals surface area contributed by atoms with Gasteiger partial charge in [0.25, 0.3) is 5.91 Å². The lowest BCUT2D eigenvalue weighted by atomic mass is 9.91. The van der Waals surface area contributed by atoms with Crippen molar-refractivity contribution in [1.29, 1.82) is 0 Å². The number of hydrogen-bond donors (Lipinski definition) is 1. The Balaban J connectivity index is 1.62. The molecule has 33 heavy (non-hydrogen) atoms. The summed E-state index contributed by atoms with van der Waals surface area (Å²) in [5.74, 6) is 0.157.